The highest BCUT2D eigenvalue weighted by molar-refractivity contribution is 5.78. The fraction of sp³-hybridized carbons (Fsp3) is 0.562. The van der Waals surface area contributed by atoms with Crippen molar-refractivity contribution in [2.45, 2.75) is 13.3 Å². The number of nitrogens with zero attached hydrogens (tertiary/aromatic N) is 2. The Balaban J connectivity index is 1.59. The Morgan fingerprint density at radius 2 is 2.13 bits per heavy atom. The van der Waals surface area contributed by atoms with Crippen molar-refractivity contribution in [1.82, 2.24) is 20.5 Å². The average molecular weight is 319 g/mol. The maximum atomic E-state index is 11.8. The molecule has 0 spiro atoms. The van der Waals surface area contributed by atoms with Crippen molar-refractivity contribution in [1.29, 1.82) is 0 Å². The van der Waals surface area contributed by atoms with E-state index in [1.165, 1.54) is 6.92 Å². The first kappa shape index (κ1) is 17.2. The molecule has 1 fully saturated rings. The van der Waals surface area contributed by atoms with Crippen molar-refractivity contribution in [3.8, 4) is 0 Å². The van der Waals surface area contributed by atoms with Crippen LogP contribution in [0.3, 0.4) is 0 Å². The summed E-state index contributed by atoms with van der Waals surface area (Å²) in [5, 5.41) is 8.80. The molecular weight excluding hydrogens is 294 g/mol. The lowest BCUT2D eigenvalue weighted by molar-refractivity contribution is -0.122. The van der Waals surface area contributed by atoms with E-state index in [4.69, 9.17) is 0 Å². The summed E-state index contributed by atoms with van der Waals surface area (Å²) in [5.41, 5.74) is 0. The quantitative estimate of drug-likeness (QED) is 0.590. The highest BCUT2D eigenvalue weighted by Gasteiger charge is 2.23. The molecule has 0 saturated carbocycles. The molecule has 1 aromatic heterocycles. The van der Waals surface area contributed by atoms with Gasteiger partial charge in [0.1, 0.15) is 5.82 Å². The first-order valence-corrected chi connectivity index (χ1v) is 8.02. The second kappa shape index (κ2) is 9.09. The number of anilines is 1. The maximum Gasteiger partial charge on any atom is 0.234 e. The zero-order valence-corrected chi connectivity index (χ0v) is 13.5. The third-order valence-electron chi connectivity index (χ3n) is 3.80. The number of rotatable bonds is 8. The molecule has 7 nitrogen and oxygen atoms in total. The van der Waals surface area contributed by atoms with Crippen LogP contribution in [0.1, 0.15) is 13.3 Å². The number of hydrogen-bond donors (Lipinski definition) is 3. The van der Waals surface area contributed by atoms with E-state index in [0.29, 0.717) is 25.6 Å². The van der Waals surface area contributed by atoms with Crippen molar-refractivity contribution in [3.05, 3.63) is 24.4 Å². The molecule has 0 aliphatic carbocycles. The first-order chi connectivity index (χ1) is 11.1. The molecule has 0 bridgehead atoms. The molecular formula is C16H25N5O2. The minimum absolute atomic E-state index is 0.00804. The van der Waals surface area contributed by atoms with Crippen molar-refractivity contribution >= 4 is 17.6 Å². The van der Waals surface area contributed by atoms with Crippen LogP contribution in [0.25, 0.3) is 0 Å². The number of likely N-dealkylation sites (tertiary alicyclic amines) is 1. The third kappa shape index (κ3) is 6.65. The lowest BCUT2D eigenvalue weighted by Gasteiger charge is -2.16. The van der Waals surface area contributed by atoms with Crippen LogP contribution in [-0.2, 0) is 9.59 Å². The van der Waals surface area contributed by atoms with Gasteiger partial charge in [0, 0.05) is 39.3 Å². The largest absolute Gasteiger partial charge is 0.370 e. The molecule has 2 amide bonds. The van der Waals surface area contributed by atoms with Crippen LogP contribution >= 0.6 is 0 Å². The highest BCUT2D eigenvalue weighted by atomic mass is 16.2. The number of carbonyl (C=O) groups excluding carboxylic acids is 2. The zero-order chi connectivity index (χ0) is 16.5. The Bertz CT molecular complexity index is 508. The molecule has 0 aromatic carbocycles. The molecule has 3 N–H and O–H groups in total. The number of carbonyl (C=O) groups is 2. The SMILES string of the molecule is CC(=O)NCCNC(=O)CN1CC[C@@H](CNc2ccccn2)C1. The average Bonchev–Trinajstić information content (AvgIpc) is 2.98. The number of aromatic nitrogens is 1. The molecule has 1 aromatic rings. The molecule has 7 heteroatoms. The number of nitrogens with one attached hydrogen (secondary N) is 3. The van der Waals surface area contributed by atoms with Gasteiger partial charge in [0.05, 0.1) is 6.54 Å². The van der Waals surface area contributed by atoms with Crippen LogP contribution in [0.2, 0.25) is 0 Å². The van der Waals surface area contributed by atoms with Gasteiger partial charge in [-0.15, -0.1) is 0 Å². The molecule has 126 valence electrons. The Morgan fingerprint density at radius 1 is 1.30 bits per heavy atom. The summed E-state index contributed by atoms with van der Waals surface area (Å²) in [6.45, 7) is 5.55. The predicted octanol–water partition coefficient (Wildman–Crippen LogP) is 0.0677. The third-order valence-corrected chi connectivity index (χ3v) is 3.80. The monoisotopic (exact) mass is 319 g/mol. The summed E-state index contributed by atoms with van der Waals surface area (Å²) in [6, 6.07) is 5.81. The second-order valence-corrected chi connectivity index (χ2v) is 5.82. The summed E-state index contributed by atoms with van der Waals surface area (Å²) < 4.78 is 0. The zero-order valence-electron chi connectivity index (χ0n) is 13.5. The van der Waals surface area contributed by atoms with Crippen molar-refractivity contribution < 1.29 is 9.59 Å². The van der Waals surface area contributed by atoms with Crippen molar-refractivity contribution in [3.63, 3.8) is 0 Å². The summed E-state index contributed by atoms with van der Waals surface area (Å²) >= 11 is 0. The molecule has 1 aliphatic rings. The van der Waals surface area contributed by atoms with Crippen LogP contribution in [0.5, 0.6) is 0 Å². The standard InChI is InChI=1S/C16H25N5O2/c1-13(22)17-7-8-19-16(23)12-21-9-5-14(11-21)10-20-15-4-2-3-6-18-15/h2-4,6,14H,5,7-12H2,1H3,(H,17,22)(H,18,20)(H,19,23)/t14-/m0/s1. The molecule has 0 radical (unpaired) electrons. The summed E-state index contributed by atoms with van der Waals surface area (Å²) in [4.78, 5) is 29.0. The smallest absolute Gasteiger partial charge is 0.234 e. The Hall–Kier alpha value is -2.15. The van der Waals surface area contributed by atoms with Crippen LogP contribution in [0, 0.1) is 5.92 Å². The molecule has 1 saturated heterocycles. The van der Waals surface area contributed by atoms with Gasteiger partial charge >= 0.3 is 0 Å². The van der Waals surface area contributed by atoms with Gasteiger partial charge in [0.25, 0.3) is 0 Å². The minimum Gasteiger partial charge on any atom is -0.370 e. The summed E-state index contributed by atoms with van der Waals surface area (Å²) in [7, 11) is 0. The van der Waals surface area contributed by atoms with Crippen molar-refractivity contribution in [2.24, 2.45) is 5.92 Å². The first-order valence-electron chi connectivity index (χ1n) is 8.02. The molecule has 23 heavy (non-hydrogen) atoms. The van der Waals surface area contributed by atoms with Gasteiger partial charge in [-0.3, -0.25) is 14.5 Å². The van der Waals surface area contributed by atoms with E-state index in [1.54, 1.807) is 6.20 Å². The van der Waals surface area contributed by atoms with E-state index >= 15 is 0 Å². The molecule has 0 unspecified atom stereocenters. The van der Waals surface area contributed by atoms with Gasteiger partial charge < -0.3 is 16.0 Å². The molecule has 2 heterocycles. The van der Waals surface area contributed by atoms with Gasteiger partial charge in [0.2, 0.25) is 11.8 Å². The highest BCUT2D eigenvalue weighted by Crippen LogP contribution is 2.16. The molecule has 1 aliphatic heterocycles. The molecule has 2 rings (SSSR count). The Kier molecular flexibility index (Phi) is 6.80. The second-order valence-electron chi connectivity index (χ2n) is 5.82. The van der Waals surface area contributed by atoms with Gasteiger partial charge in [-0.2, -0.15) is 0 Å². The number of amides is 2. The van der Waals surface area contributed by atoms with Gasteiger partial charge in [-0.25, -0.2) is 4.98 Å². The minimum atomic E-state index is -0.0814. The van der Waals surface area contributed by atoms with E-state index < -0.39 is 0 Å². The Labute approximate surface area is 136 Å². The van der Waals surface area contributed by atoms with Crippen LogP contribution in [-0.4, -0.2) is 61.0 Å². The van der Waals surface area contributed by atoms with E-state index in [9.17, 15) is 9.59 Å². The van der Waals surface area contributed by atoms with Gasteiger partial charge in [-0.05, 0) is 31.0 Å². The van der Waals surface area contributed by atoms with E-state index in [0.717, 1.165) is 31.9 Å². The number of hydrogen-bond acceptors (Lipinski definition) is 5. The predicted molar refractivity (Wildman–Crippen MR) is 89.0 cm³/mol. The Morgan fingerprint density at radius 3 is 2.87 bits per heavy atom. The van der Waals surface area contributed by atoms with Gasteiger partial charge in [-0.1, -0.05) is 6.07 Å². The van der Waals surface area contributed by atoms with Crippen LogP contribution < -0.4 is 16.0 Å². The van der Waals surface area contributed by atoms with Crippen molar-refractivity contribution in [2.75, 3.05) is 44.6 Å². The van der Waals surface area contributed by atoms with E-state index in [-0.39, 0.29) is 11.8 Å². The van der Waals surface area contributed by atoms with E-state index in [2.05, 4.69) is 25.8 Å². The fourth-order valence-electron chi connectivity index (χ4n) is 2.64. The van der Waals surface area contributed by atoms with Crippen LogP contribution in [0.15, 0.2) is 24.4 Å². The van der Waals surface area contributed by atoms with E-state index in [1.807, 2.05) is 18.2 Å². The normalized spacial score (nSPS) is 17.7. The number of pyridine rings is 1. The fourth-order valence-corrected chi connectivity index (χ4v) is 2.64. The topological polar surface area (TPSA) is 86.4 Å². The lowest BCUT2D eigenvalue weighted by Crippen LogP contribution is -2.39. The summed E-state index contributed by atoms with van der Waals surface area (Å²) in [5.74, 6) is 1.35. The maximum absolute atomic E-state index is 11.8. The van der Waals surface area contributed by atoms with Crippen LogP contribution in [0.4, 0.5) is 5.82 Å². The molecule has 1 atom stereocenters. The summed E-state index contributed by atoms with van der Waals surface area (Å²) in [6.07, 6.45) is 2.85. The van der Waals surface area contributed by atoms with Gasteiger partial charge in [0.15, 0.2) is 0 Å². The lowest BCUT2D eigenvalue weighted by atomic mass is 10.1.